The summed E-state index contributed by atoms with van der Waals surface area (Å²) in [5, 5.41) is 9.20. The van der Waals surface area contributed by atoms with Crippen LogP contribution in [0, 0.1) is 17.2 Å². The van der Waals surface area contributed by atoms with Crippen LogP contribution < -0.4 is 4.90 Å². The third-order valence-corrected chi connectivity index (χ3v) is 7.38. The summed E-state index contributed by atoms with van der Waals surface area (Å²) in [6.07, 6.45) is -2.02. The van der Waals surface area contributed by atoms with Gasteiger partial charge in [0.15, 0.2) is 5.11 Å². The second-order valence-electron chi connectivity index (χ2n) is 9.77. The van der Waals surface area contributed by atoms with Gasteiger partial charge in [-0.3, -0.25) is 19.4 Å². The molecule has 0 aromatic heterocycles. The number of nitriles is 1. The third kappa shape index (κ3) is 5.00. The van der Waals surface area contributed by atoms with Crippen molar-refractivity contribution in [3.05, 3.63) is 29.3 Å². The Labute approximate surface area is 208 Å². The normalized spacial score (nSPS) is 21.0. The number of hydrogen-bond donors (Lipinski definition) is 0. The number of carbonyl (C=O) groups is 2. The standard InChI is InChI=1S/C24H28F3N5O2S/c1-23(2)21(34)32(18-7-6-17(15-28)19(14-18)24(25,26)27)22(35)31(23)9-3-8-29-10-12-30(13-11-29)20(33)16-4-5-16/h6-7,14,16H,3-5,8-13H2,1-2H3. The zero-order valence-electron chi connectivity index (χ0n) is 19.8. The van der Waals surface area contributed by atoms with E-state index >= 15 is 0 Å². The maximum Gasteiger partial charge on any atom is 0.417 e. The van der Waals surface area contributed by atoms with Gasteiger partial charge in [0.25, 0.3) is 5.91 Å². The van der Waals surface area contributed by atoms with Gasteiger partial charge >= 0.3 is 6.18 Å². The van der Waals surface area contributed by atoms with Gasteiger partial charge < -0.3 is 9.80 Å². The Bertz CT molecular complexity index is 1070. The van der Waals surface area contributed by atoms with E-state index in [0.717, 1.165) is 62.6 Å². The number of benzene rings is 1. The Hall–Kier alpha value is -2.71. The Balaban J connectivity index is 1.39. The molecule has 0 unspecified atom stereocenters. The number of thiocarbonyl (C=S) groups is 1. The quantitative estimate of drug-likeness (QED) is 0.551. The minimum absolute atomic E-state index is 0.00153. The minimum atomic E-state index is -4.73. The Morgan fingerprint density at radius 1 is 1.17 bits per heavy atom. The first-order valence-electron chi connectivity index (χ1n) is 11.7. The number of halogens is 3. The molecular formula is C24H28F3N5O2S. The van der Waals surface area contributed by atoms with Crippen molar-refractivity contribution in [3.8, 4) is 6.07 Å². The molecular weight excluding hydrogens is 479 g/mol. The molecule has 3 fully saturated rings. The number of carbonyl (C=O) groups excluding carboxylic acids is 2. The number of anilines is 1. The van der Waals surface area contributed by atoms with E-state index in [4.69, 9.17) is 17.5 Å². The number of piperazine rings is 1. The number of hydrogen-bond acceptors (Lipinski definition) is 5. The van der Waals surface area contributed by atoms with E-state index in [1.165, 1.54) is 6.07 Å². The Morgan fingerprint density at radius 2 is 1.83 bits per heavy atom. The van der Waals surface area contributed by atoms with Gasteiger partial charge in [0, 0.05) is 38.6 Å². The van der Waals surface area contributed by atoms with Crippen molar-refractivity contribution >= 4 is 34.8 Å². The van der Waals surface area contributed by atoms with E-state index in [9.17, 15) is 22.8 Å². The highest BCUT2D eigenvalue weighted by Gasteiger charge is 2.49. The maximum atomic E-state index is 13.5. The van der Waals surface area contributed by atoms with Gasteiger partial charge in [-0.25, -0.2) is 0 Å². The van der Waals surface area contributed by atoms with Crippen molar-refractivity contribution in [1.82, 2.24) is 14.7 Å². The predicted octanol–water partition coefficient (Wildman–Crippen LogP) is 3.23. The SMILES string of the molecule is CC1(C)C(=O)N(c2ccc(C#N)c(C(F)(F)F)c2)C(=S)N1CCCN1CCN(C(=O)C2CC2)CC1. The molecule has 2 amide bonds. The van der Waals surface area contributed by atoms with Crippen molar-refractivity contribution in [2.45, 2.75) is 44.8 Å². The summed E-state index contributed by atoms with van der Waals surface area (Å²) in [6, 6.07) is 4.75. The van der Waals surface area contributed by atoms with Crippen molar-refractivity contribution in [2.75, 3.05) is 44.2 Å². The number of nitrogens with zero attached hydrogens (tertiary/aromatic N) is 5. The largest absolute Gasteiger partial charge is 0.417 e. The molecule has 1 aliphatic carbocycles. The molecule has 0 atom stereocenters. The predicted molar refractivity (Wildman–Crippen MR) is 127 cm³/mol. The van der Waals surface area contributed by atoms with Gasteiger partial charge in [-0.1, -0.05) is 0 Å². The Kier molecular flexibility index (Phi) is 6.81. The lowest BCUT2D eigenvalue weighted by Gasteiger charge is -2.36. The summed E-state index contributed by atoms with van der Waals surface area (Å²) in [5.41, 5.74) is -2.62. The summed E-state index contributed by atoms with van der Waals surface area (Å²) < 4.78 is 40.4. The lowest BCUT2D eigenvalue weighted by atomic mass is 10.0. The van der Waals surface area contributed by atoms with E-state index in [2.05, 4.69) is 4.90 Å². The highest BCUT2D eigenvalue weighted by molar-refractivity contribution is 7.80. The van der Waals surface area contributed by atoms with Crippen molar-refractivity contribution in [1.29, 1.82) is 5.26 Å². The zero-order chi connectivity index (χ0) is 25.5. The summed E-state index contributed by atoms with van der Waals surface area (Å²) in [7, 11) is 0. The molecule has 7 nitrogen and oxygen atoms in total. The van der Waals surface area contributed by atoms with Crippen LogP contribution >= 0.6 is 12.2 Å². The van der Waals surface area contributed by atoms with Gasteiger partial charge in [-0.15, -0.1) is 0 Å². The highest BCUT2D eigenvalue weighted by Crippen LogP contribution is 2.38. The van der Waals surface area contributed by atoms with Crippen LogP contribution in [-0.2, 0) is 15.8 Å². The fourth-order valence-corrected chi connectivity index (χ4v) is 5.18. The van der Waals surface area contributed by atoms with Crippen molar-refractivity contribution < 1.29 is 22.8 Å². The van der Waals surface area contributed by atoms with Crippen LogP contribution in [0.4, 0.5) is 18.9 Å². The van der Waals surface area contributed by atoms with Crippen LogP contribution in [0.1, 0.15) is 44.2 Å². The van der Waals surface area contributed by atoms with E-state index in [1.54, 1.807) is 24.8 Å². The molecule has 188 valence electrons. The van der Waals surface area contributed by atoms with Crippen LogP contribution in [0.5, 0.6) is 0 Å². The molecule has 0 bridgehead atoms. The molecule has 2 saturated heterocycles. The third-order valence-electron chi connectivity index (χ3n) is 6.98. The second kappa shape index (κ2) is 9.39. The van der Waals surface area contributed by atoms with Crippen molar-refractivity contribution in [3.63, 3.8) is 0 Å². The molecule has 2 aliphatic heterocycles. The second-order valence-corrected chi connectivity index (χ2v) is 10.1. The fourth-order valence-electron chi connectivity index (χ4n) is 4.67. The molecule has 0 radical (unpaired) electrons. The van der Waals surface area contributed by atoms with Crippen LogP contribution in [0.15, 0.2) is 18.2 Å². The monoisotopic (exact) mass is 507 g/mol. The number of amides is 2. The topological polar surface area (TPSA) is 70.9 Å². The van der Waals surface area contributed by atoms with Crippen molar-refractivity contribution in [2.24, 2.45) is 5.92 Å². The molecule has 1 aromatic rings. The van der Waals surface area contributed by atoms with Gasteiger partial charge in [0.1, 0.15) is 5.54 Å². The molecule has 4 rings (SSSR count). The lowest BCUT2D eigenvalue weighted by molar-refractivity contribution is -0.138. The lowest BCUT2D eigenvalue weighted by Crippen LogP contribution is -2.50. The average Bonchev–Trinajstić information content (AvgIpc) is 3.64. The molecule has 0 N–H and O–H groups in total. The molecule has 35 heavy (non-hydrogen) atoms. The van der Waals surface area contributed by atoms with Gasteiger partial charge in [0.2, 0.25) is 5.91 Å². The Morgan fingerprint density at radius 3 is 2.40 bits per heavy atom. The summed E-state index contributed by atoms with van der Waals surface area (Å²) >= 11 is 5.54. The molecule has 2 heterocycles. The molecule has 1 aromatic carbocycles. The molecule has 11 heteroatoms. The summed E-state index contributed by atoms with van der Waals surface area (Å²) in [5.74, 6) is 0.0835. The van der Waals surface area contributed by atoms with Gasteiger partial charge in [0.05, 0.1) is 22.9 Å². The van der Waals surface area contributed by atoms with E-state index < -0.39 is 28.7 Å². The van der Waals surface area contributed by atoms with Gasteiger partial charge in [-0.05, 0) is 70.1 Å². The van der Waals surface area contributed by atoms with Crippen LogP contribution in [0.3, 0.4) is 0 Å². The number of rotatable bonds is 6. The smallest absolute Gasteiger partial charge is 0.340 e. The first-order chi connectivity index (χ1) is 16.4. The van der Waals surface area contributed by atoms with Gasteiger partial charge in [-0.2, -0.15) is 18.4 Å². The van der Waals surface area contributed by atoms with E-state index in [0.29, 0.717) is 13.0 Å². The summed E-state index contributed by atoms with van der Waals surface area (Å²) in [4.78, 5) is 32.5. The number of alkyl halides is 3. The summed E-state index contributed by atoms with van der Waals surface area (Å²) in [6.45, 7) is 7.68. The molecule has 1 saturated carbocycles. The minimum Gasteiger partial charge on any atom is -0.340 e. The first-order valence-corrected chi connectivity index (χ1v) is 12.1. The zero-order valence-corrected chi connectivity index (χ0v) is 20.6. The van der Waals surface area contributed by atoms with E-state index in [-0.39, 0.29) is 22.6 Å². The van der Waals surface area contributed by atoms with Crippen LogP contribution in [0.25, 0.3) is 0 Å². The highest BCUT2D eigenvalue weighted by atomic mass is 32.1. The molecule has 0 spiro atoms. The maximum absolute atomic E-state index is 13.5. The average molecular weight is 508 g/mol. The van der Waals surface area contributed by atoms with Crippen LogP contribution in [-0.4, -0.2) is 76.4 Å². The van der Waals surface area contributed by atoms with E-state index in [1.807, 2.05) is 4.90 Å². The fraction of sp³-hybridized carbons (Fsp3) is 0.583. The first kappa shape index (κ1) is 25.4. The molecule has 3 aliphatic rings. The van der Waals surface area contributed by atoms with Crippen LogP contribution in [0.2, 0.25) is 0 Å².